The van der Waals surface area contributed by atoms with Gasteiger partial charge in [0.25, 0.3) is 0 Å². The van der Waals surface area contributed by atoms with Crippen LogP contribution in [0.3, 0.4) is 0 Å². The standard InChI is InChI=1S/C10H14O3S/c1-13-8-4-2-7(3-5-8)10(12)9(11)6-14/h2-5,9-12,14H,6H2,1H3. The molecule has 0 amide bonds. The third-order valence-electron chi connectivity index (χ3n) is 2.01. The Morgan fingerprint density at radius 1 is 1.29 bits per heavy atom. The first-order valence-electron chi connectivity index (χ1n) is 4.30. The van der Waals surface area contributed by atoms with Gasteiger partial charge in [0.2, 0.25) is 0 Å². The van der Waals surface area contributed by atoms with Gasteiger partial charge in [-0.05, 0) is 17.7 Å². The van der Waals surface area contributed by atoms with Crippen molar-refractivity contribution < 1.29 is 14.9 Å². The summed E-state index contributed by atoms with van der Waals surface area (Å²) in [5, 5.41) is 19.0. The van der Waals surface area contributed by atoms with Gasteiger partial charge in [0, 0.05) is 5.75 Å². The zero-order chi connectivity index (χ0) is 10.6. The summed E-state index contributed by atoms with van der Waals surface area (Å²) in [6.45, 7) is 0. The van der Waals surface area contributed by atoms with Crippen molar-refractivity contribution in [3.8, 4) is 5.75 Å². The van der Waals surface area contributed by atoms with E-state index in [1.165, 1.54) is 0 Å². The quantitative estimate of drug-likeness (QED) is 0.656. The molecule has 4 heteroatoms. The summed E-state index contributed by atoms with van der Waals surface area (Å²) in [7, 11) is 1.58. The van der Waals surface area contributed by atoms with E-state index in [4.69, 9.17) is 4.74 Å². The van der Waals surface area contributed by atoms with E-state index in [9.17, 15) is 10.2 Å². The van der Waals surface area contributed by atoms with Gasteiger partial charge in [-0.25, -0.2) is 0 Å². The lowest BCUT2D eigenvalue weighted by molar-refractivity contribution is 0.0337. The second kappa shape index (κ2) is 5.24. The third kappa shape index (κ3) is 2.64. The third-order valence-corrected chi connectivity index (χ3v) is 2.38. The Bertz CT molecular complexity index is 273. The highest BCUT2D eigenvalue weighted by Gasteiger charge is 2.16. The minimum Gasteiger partial charge on any atom is -0.497 e. The molecule has 0 aliphatic rings. The topological polar surface area (TPSA) is 49.7 Å². The highest BCUT2D eigenvalue weighted by Crippen LogP contribution is 2.20. The van der Waals surface area contributed by atoms with Crippen LogP contribution in [0.4, 0.5) is 0 Å². The number of benzene rings is 1. The molecule has 0 aromatic heterocycles. The zero-order valence-electron chi connectivity index (χ0n) is 7.92. The predicted molar refractivity (Wildman–Crippen MR) is 57.8 cm³/mol. The first kappa shape index (κ1) is 11.4. The zero-order valence-corrected chi connectivity index (χ0v) is 8.82. The minimum absolute atomic E-state index is 0.229. The number of hydrogen-bond donors (Lipinski definition) is 3. The first-order valence-corrected chi connectivity index (χ1v) is 4.93. The van der Waals surface area contributed by atoms with E-state index in [1.807, 2.05) is 0 Å². The predicted octanol–water partition coefficient (Wildman–Crippen LogP) is 1.02. The number of thiol groups is 1. The molecular weight excluding hydrogens is 200 g/mol. The van der Waals surface area contributed by atoms with E-state index < -0.39 is 12.2 Å². The highest BCUT2D eigenvalue weighted by molar-refractivity contribution is 7.80. The second-order valence-corrected chi connectivity index (χ2v) is 3.33. The summed E-state index contributed by atoms with van der Waals surface area (Å²) in [6, 6.07) is 6.92. The van der Waals surface area contributed by atoms with E-state index in [0.717, 1.165) is 5.75 Å². The van der Waals surface area contributed by atoms with Crippen LogP contribution in [0.5, 0.6) is 5.75 Å². The van der Waals surface area contributed by atoms with Crippen molar-refractivity contribution in [3.63, 3.8) is 0 Å². The van der Waals surface area contributed by atoms with Crippen LogP contribution in [0.1, 0.15) is 11.7 Å². The van der Waals surface area contributed by atoms with Crippen molar-refractivity contribution in [2.45, 2.75) is 12.2 Å². The number of ether oxygens (including phenoxy) is 1. The molecule has 78 valence electrons. The molecule has 1 aromatic rings. The summed E-state index contributed by atoms with van der Waals surface area (Å²) in [6.07, 6.45) is -1.73. The Labute approximate surface area is 88.7 Å². The van der Waals surface area contributed by atoms with Crippen LogP contribution in [0.2, 0.25) is 0 Å². The van der Waals surface area contributed by atoms with Gasteiger partial charge in [-0.2, -0.15) is 12.6 Å². The van der Waals surface area contributed by atoms with Gasteiger partial charge in [0.05, 0.1) is 13.2 Å². The molecule has 0 saturated carbocycles. The Morgan fingerprint density at radius 3 is 2.29 bits per heavy atom. The Hall–Kier alpha value is -0.710. The summed E-state index contributed by atoms with van der Waals surface area (Å²) >= 11 is 3.91. The van der Waals surface area contributed by atoms with Gasteiger partial charge in [-0.15, -0.1) is 0 Å². The summed E-state index contributed by atoms with van der Waals surface area (Å²) < 4.78 is 4.98. The molecule has 2 atom stereocenters. The van der Waals surface area contributed by atoms with Crippen molar-refractivity contribution in [1.82, 2.24) is 0 Å². The second-order valence-electron chi connectivity index (χ2n) is 2.97. The van der Waals surface area contributed by atoms with Gasteiger partial charge in [0.15, 0.2) is 0 Å². The fourth-order valence-corrected chi connectivity index (χ4v) is 1.32. The molecular formula is C10H14O3S. The molecule has 0 heterocycles. The van der Waals surface area contributed by atoms with Crippen LogP contribution in [0, 0.1) is 0 Å². The number of aliphatic hydroxyl groups excluding tert-OH is 2. The molecule has 14 heavy (non-hydrogen) atoms. The Morgan fingerprint density at radius 2 is 1.86 bits per heavy atom. The monoisotopic (exact) mass is 214 g/mol. The molecule has 0 spiro atoms. The van der Waals surface area contributed by atoms with Crippen molar-refractivity contribution >= 4 is 12.6 Å². The van der Waals surface area contributed by atoms with Gasteiger partial charge in [-0.3, -0.25) is 0 Å². The minimum atomic E-state index is -0.890. The molecule has 2 unspecified atom stereocenters. The fourth-order valence-electron chi connectivity index (χ4n) is 1.12. The van der Waals surface area contributed by atoms with Crippen LogP contribution in [-0.4, -0.2) is 29.2 Å². The fraction of sp³-hybridized carbons (Fsp3) is 0.400. The maximum atomic E-state index is 9.61. The SMILES string of the molecule is COc1ccc(C(O)C(O)CS)cc1. The van der Waals surface area contributed by atoms with Crippen molar-refractivity contribution in [2.75, 3.05) is 12.9 Å². The Balaban J connectivity index is 2.75. The van der Waals surface area contributed by atoms with Crippen LogP contribution in [-0.2, 0) is 0 Å². The lowest BCUT2D eigenvalue weighted by Gasteiger charge is -2.16. The van der Waals surface area contributed by atoms with Crippen molar-refractivity contribution in [1.29, 1.82) is 0 Å². The molecule has 1 rings (SSSR count). The maximum Gasteiger partial charge on any atom is 0.118 e. The molecule has 0 fully saturated rings. The summed E-state index contributed by atoms with van der Waals surface area (Å²) in [5.41, 5.74) is 0.660. The maximum absolute atomic E-state index is 9.61. The lowest BCUT2D eigenvalue weighted by Crippen LogP contribution is -2.19. The molecule has 2 N–H and O–H groups in total. The smallest absolute Gasteiger partial charge is 0.118 e. The first-order chi connectivity index (χ1) is 6.69. The van der Waals surface area contributed by atoms with Gasteiger partial charge in [0.1, 0.15) is 11.9 Å². The number of rotatable bonds is 4. The van der Waals surface area contributed by atoms with E-state index in [1.54, 1.807) is 31.4 Å². The van der Waals surface area contributed by atoms with Crippen LogP contribution in [0.15, 0.2) is 24.3 Å². The Kier molecular flexibility index (Phi) is 4.25. The largest absolute Gasteiger partial charge is 0.497 e. The van der Waals surface area contributed by atoms with E-state index in [0.29, 0.717) is 5.56 Å². The normalized spacial score (nSPS) is 14.9. The van der Waals surface area contributed by atoms with E-state index in [-0.39, 0.29) is 5.75 Å². The molecule has 1 aromatic carbocycles. The number of hydrogen-bond acceptors (Lipinski definition) is 4. The van der Waals surface area contributed by atoms with E-state index >= 15 is 0 Å². The molecule has 0 saturated heterocycles. The lowest BCUT2D eigenvalue weighted by atomic mass is 10.1. The molecule has 3 nitrogen and oxygen atoms in total. The molecule has 0 bridgehead atoms. The molecule has 0 radical (unpaired) electrons. The van der Waals surface area contributed by atoms with Gasteiger partial charge >= 0.3 is 0 Å². The van der Waals surface area contributed by atoms with Gasteiger partial charge < -0.3 is 14.9 Å². The van der Waals surface area contributed by atoms with Gasteiger partial charge in [-0.1, -0.05) is 12.1 Å². The van der Waals surface area contributed by atoms with Crippen LogP contribution < -0.4 is 4.74 Å². The van der Waals surface area contributed by atoms with E-state index in [2.05, 4.69) is 12.6 Å². The molecule has 0 aliphatic heterocycles. The summed E-state index contributed by atoms with van der Waals surface area (Å²) in [5.74, 6) is 0.953. The molecule has 0 aliphatic carbocycles. The average Bonchev–Trinajstić information content (AvgIpc) is 2.27. The number of aliphatic hydroxyl groups is 2. The van der Waals surface area contributed by atoms with Crippen LogP contribution in [0.25, 0.3) is 0 Å². The summed E-state index contributed by atoms with van der Waals surface area (Å²) in [4.78, 5) is 0. The average molecular weight is 214 g/mol. The van der Waals surface area contributed by atoms with Crippen molar-refractivity contribution in [3.05, 3.63) is 29.8 Å². The number of methoxy groups -OCH3 is 1. The highest BCUT2D eigenvalue weighted by atomic mass is 32.1. The van der Waals surface area contributed by atoms with Crippen molar-refractivity contribution in [2.24, 2.45) is 0 Å². The van der Waals surface area contributed by atoms with Crippen LogP contribution >= 0.6 is 12.6 Å².